The second-order valence-electron chi connectivity index (χ2n) is 16.7. The molecule has 288 valence electrons. The molecule has 0 amide bonds. The van der Waals surface area contributed by atoms with Gasteiger partial charge < -0.3 is 18.1 Å². The lowest BCUT2D eigenvalue weighted by Gasteiger charge is -2.24. The number of hydrogen-bond acceptors (Lipinski definition) is 3. The van der Waals surface area contributed by atoms with Crippen LogP contribution in [0.3, 0.4) is 0 Å². The monoisotopic (exact) mass is 799 g/mol. The topological polar surface area (TPSA) is 53.7 Å². The summed E-state index contributed by atoms with van der Waals surface area (Å²) in [5.41, 5.74) is 13.0. The van der Waals surface area contributed by atoms with E-state index in [-0.39, 0.29) is 0 Å². The predicted molar refractivity (Wildman–Crippen MR) is 256 cm³/mol. The van der Waals surface area contributed by atoms with Crippen LogP contribution in [0.1, 0.15) is 0 Å². The third-order valence-electron chi connectivity index (χ3n) is 13.1. The fourth-order valence-electron chi connectivity index (χ4n) is 10.0. The predicted octanol–water partition coefficient (Wildman–Crippen LogP) is 12.5. The van der Waals surface area contributed by atoms with Crippen molar-refractivity contribution >= 4 is 106 Å². The molecular weight excluding hydrogens is 763 g/mol. The van der Waals surface area contributed by atoms with Crippen LogP contribution >= 0.6 is 0 Å². The highest BCUT2D eigenvalue weighted by molar-refractivity contribution is 7.00. The van der Waals surface area contributed by atoms with Gasteiger partial charge in [0.05, 0.1) is 33.1 Å². The third-order valence-corrected chi connectivity index (χ3v) is 16.6. The first kappa shape index (κ1) is 34.2. The van der Waals surface area contributed by atoms with Crippen LogP contribution in [-0.2, 0) is 0 Å². The van der Waals surface area contributed by atoms with Gasteiger partial charge in [-0.1, -0.05) is 102 Å². The summed E-state index contributed by atoms with van der Waals surface area (Å²) in [5.74, 6) is 0. The summed E-state index contributed by atoms with van der Waals surface area (Å²) in [6.45, 7) is 4.98. The summed E-state index contributed by atoms with van der Waals surface area (Å²) in [4.78, 5) is 9.23. The average molecular weight is 800 g/mol. The van der Waals surface area contributed by atoms with Crippen molar-refractivity contribution < 1.29 is 4.42 Å². The Morgan fingerprint density at radius 1 is 0.393 bits per heavy atom. The van der Waals surface area contributed by atoms with Crippen LogP contribution in [-0.4, -0.2) is 31.7 Å². The molecule has 0 saturated heterocycles. The van der Waals surface area contributed by atoms with Gasteiger partial charge in [-0.05, 0) is 91.0 Å². The van der Waals surface area contributed by atoms with Gasteiger partial charge in [0, 0.05) is 73.4 Å². The molecule has 7 heteroatoms. The molecule has 0 bridgehead atoms. The van der Waals surface area contributed by atoms with Gasteiger partial charge in [-0.15, -0.1) is 0 Å². The molecule has 0 aliphatic rings. The highest BCUT2D eigenvalue weighted by atomic mass is 28.3. The molecule has 0 spiro atoms. The van der Waals surface area contributed by atoms with E-state index in [9.17, 15) is 0 Å². The first-order valence-electron chi connectivity index (χ1n) is 20.8. The molecule has 6 heterocycles. The van der Waals surface area contributed by atoms with Gasteiger partial charge in [0.25, 0.3) is 0 Å². The van der Waals surface area contributed by atoms with Crippen molar-refractivity contribution in [1.82, 2.24) is 23.7 Å². The number of fused-ring (bicyclic) bond motifs is 12. The summed E-state index contributed by atoms with van der Waals surface area (Å²) in [6.07, 6.45) is 5.72. The Balaban J connectivity index is 0.948. The number of hydrogen-bond donors (Lipinski definition) is 0. The fourth-order valence-corrected chi connectivity index (χ4v) is 12.4. The van der Waals surface area contributed by atoms with Gasteiger partial charge in [0.1, 0.15) is 19.2 Å². The van der Waals surface area contributed by atoms with E-state index in [1.165, 1.54) is 64.9 Å². The van der Waals surface area contributed by atoms with Crippen LogP contribution in [0, 0.1) is 0 Å². The minimum atomic E-state index is -2.21. The molecular formula is C54H37N5OSi. The summed E-state index contributed by atoms with van der Waals surface area (Å²) in [6, 6.07) is 62.0. The van der Waals surface area contributed by atoms with Crippen LogP contribution in [0.5, 0.6) is 0 Å². The zero-order valence-corrected chi connectivity index (χ0v) is 34.5. The maximum atomic E-state index is 6.14. The number of benzene rings is 7. The maximum absolute atomic E-state index is 6.14. The van der Waals surface area contributed by atoms with Crippen LogP contribution in [0.25, 0.3) is 105 Å². The highest BCUT2D eigenvalue weighted by Gasteiger charge is 2.29. The zero-order chi connectivity index (χ0) is 40.4. The number of furan rings is 1. The van der Waals surface area contributed by atoms with E-state index >= 15 is 0 Å². The second kappa shape index (κ2) is 12.6. The van der Waals surface area contributed by atoms with Gasteiger partial charge in [-0.25, -0.2) is 0 Å². The molecule has 0 N–H and O–H groups in total. The molecule has 6 nitrogen and oxygen atoms in total. The van der Waals surface area contributed by atoms with E-state index in [0.717, 1.165) is 50.0 Å². The molecule has 13 rings (SSSR count). The van der Waals surface area contributed by atoms with Crippen molar-refractivity contribution in [1.29, 1.82) is 0 Å². The van der Waals surface area contributed by atoms with Gasteiger partial charge in [-0.2, -0.15) is 0 Å². The molecule has 61 heavy (non-hydrogen) atoms. The molecule has 0 unspecified atom stereocenters. The minimum absolute atomic E-state index is 0.805. The van der Waals surface area contributed by atoms with Gasteiger partial charge in [0.2, 0.25) is 0 Å². The second-order valence-corrected chi connectivity index (χ2v) is 21.1. The van der Waals surface area contributed by atoms with Crippen LogP contribution in [0.2, 0.25) is 13.1 Å². The largest absolute Gasteiger partial charge is 0.454 e. The standard InChI is InChI=1S/C54H37N5OSi/c1-61(2,38-21-24-50-43(32-38)40-14-7-9-16-47(40)59(50)36-19-25-52-44(30-36)54-53(60-52)17-10-27-56-54)37-20-23-49-42(31-37)39-13-6-8-15-46(39)58(49)35-18-22-48-41(29-35)45-33-55-28-26-51(45)57(48)34-11-4-3-5-12-34/h3-33H,1-2H3. The van der Waals surface area contributed by atoms with E-state index < -0.39 is 8.07 Å². The lowest BCUT2D eigenvalue weighted by molar-refractivity contribution is 0.668. The quantitative estimate of drug-likeness (QED) is 0.163. The van der Waals surface area contributed by atoms with Gasteiger partial charge >= 0.3 is 0 Å². The van der Waals surface area contributed by atoms with Crippen molar-refractivity contribution in [2.75, 3.05) is 0 Å². The summed E-state index contributed by atoms with van der Waals surface area (Å²) in [5, 5.41) is 11.2. The Morgan fingerprint density at radius 2 is 0.934 bits per heavy atom. The Bertz CT molecular complexity index is 3920. The molecule has 0 aliphatic carbocycles. The van der Waals surface area contributed by atoms with E-state index in [0.29, 0.717) is 0 Å². The maximum Gasteiger partial charge on any atom is 0.153 e. The Hall–Kier alpha value is -7.74. The van der Waals surface area contributed by atoms with E-state index in [1.54, 1.807) is 0 Å². The van der Waals surface area contributed by atoms with Crippen molar-refractivity contribution in [2.24, 2.45) is 0 Å². The van der Waals surface area contributed by atoms with Crippen LogP contribution < -0.4 is 10.4 Å². The summed E-state index contributed by atoms with van der Waals surface area (Å²) >= 11 is 0. The summed E-state index contributed by atoms with van der Waals surface area (Å²) in [7, 11) is -2.21. The lowest BCUT2D eigenvalue weighted by Crippen LogP contribution is -2.52. The number of nitrogens with zero attached hydrogens (tertiary/aromatic N) is 5. The number of para-hydroxylation sites is 3. The number of pyridine rings is 2. The van der Waals surface area contributed by atoms with E-state index in [4.69, 9.17) is 4.42 Å². The molecule has 0 atom stereocenters. The first-order chi connectivity index (χ1) is 30.0. The van der Waals surface area contributed by atoms with E-state index in [2.05, 4.69) is 194 Å². The molecule has 6 aromatic heterocycles. The van der Waals surface area contributed by atoms with Crippen LogP contribution in [0.4, 0.5) is 0 Å². The van der Waals surface area contributed by atoms with E-state index in [1.807, 2.05) is 30.7 Å². The lowest BCUT2D eigenvalue weighted by atomic mass is 10.1. The Morgan fingerprint density at radius 3 is 1.62 bits per heavy atom. The molecule has 13 aromatic rings. The normalized spacial score (nSPS) is 12.4. The third kappa shape index (κ3) is 4.89. The average Bonchev–Trinajstić information content (AvgIpc) is 4.05. The number of aromatic nitrogens is 5. The molecule has 7 aromatic carbocycles. The molecule has 0 radical (unpaired) electrons. The highest BCUT2D eigenvalue weighted by Crippen LogP contribution is 2.38. The van der Waals surface area contributed by atoms with Gasteiger partial charge in [-0.3, -0.25) is 9.97 Å². The molecule has 0 fully saturated rings. The SMILES string of the molecule is C[Si](C)(c1ccc2c(c1)c1ccccc1n2-c1ccc2oc3cccnc3c2c1)c1ccc2c(c1)c1ccccc1n2-c1ccc2c(c1)c1cnccc1n2-c1ccccc1. The summed E-state index contributed by atoms with van der Waals surface area (Å²) < 4.78 is 13.3. The zero-order valence-electron chi connectivity index (χ0n) is 33.5. The Kier molecular flexibility index (Phi) is 7.07. The van der Waals surface area contributed by atoms with Crippen molar-refractivity contribution in [3.8, 4) is 17.1 Å². The minimum Gasteiger partial charge on any atom is -0.454 e. The first-order valence-corrected chi connectivity index (χ1v) is 23.8. The van der Waals surface area contributed by atoms with Crippen molar-refractivity contribution in [2.45, 2.75) is 13.1 Å². The van der Waals surface area contributed by atoms with Crippen LogP contribution in [0.15, 0.2) is 193 Å². The number of rotatable bonds is 5. The van der Waals surface area contributed by atoms with Gasteiger partial charge in [0.15, 0.2) is 5.58 Å². The fraction of sp³-hybridized carbons (Fsp3) is 0.0370. The Labute approximate surface area is 351 Å². The van der Waals surface area contributed by atoms with Crippen molar-refractivity contribution in [3.63, 3.8) is 0 Å². The van der Waals surface area contributed by atoms with Crippen molar-refractivity contribution in [3.05, 3.63) is 188 Å². The molecule has 0 saturated carbocycles. The smallest absolute Gasteiger partial charge is 0.153 e. The molecule has 0 aliphatic heterocycles.